The number of allylic oxidation sites excluding steroid dienone is 4. The molecular formula is C68H66N4O8S4+2. The smallest absolute Gasteiger partial charge is 0.374 e. The van der Waals surface area contributed by atoms with Gasteiger partial charge in [0.15, 0.2) is 12.3 Å². The number of hydrogen-bond donors (Lipinski definition) is 2. The van der Waals surface area contributed by atoms with E-state index in [0.29, 0.717) is 13.1 Å². The molecule has 84 heavy (non-hydrogen) atoms. The lowest BCUT2D eigenvalue weighted by molar-refractivity contribution is -0.674. The molecule has 0 aliphatic carbocycles. The Morgan fingerprint density at radius 2 is 1.23 bits per heavy atom. The van der Waals surface area contributed by atoms with E-state index >= 15 is 0 Å². The Balaban J connectivity index is 0.000000177. The molecule has 16 heteroatoms. The SMILES string of the molecule is CCC(=C\c1oc2ccc(-c3ccccc3)cc2[n+]1CC)/C=C1/Oc2ccc(-c3ccccc3)cc2N1CC.CCC(=C\c1sc2ccc3ccccc3c2[n+]1CCCS(=O)(=O)O)/C=C1/Sc2ccc3ccccc3c2N1CCCS(=O)(=O)O. The predicted molar refractivity (Wildman–Crippen MR) is 344 cm³/mol. The molecule has 0 radical (unpaired) electrons. The minimum absolute atomic E-state index is 0.266. The molecule has 2 N–H and O–H groups in total. The number of hydrogen-bond acceptors (Lipinski definition) is 10. The summed E-state index contributed by atoms with van der Waals surface area (Å²) >= 11 is 3.27. The molecular weight excluding hydrogens is 1130 g/mol. The van der Waals surface area contributed by atoms with Gasteiger partial charge in [0.05, 0.1) is 39.4 Å². The highest BCUT2D eigenvalue weighted by atomic mass is 32.2. The van der Waals surface area contributed by atoms with Gasteiger partial charge < -0.3 is 19.0 Å². The van der Waals surface area contributed by atoms with Crippen LogP contribution in [0, 0.1) is 0 Å². The van der Waals surface area contributed by atoms with Crippen molar-refractivity contribution in [2.75, 3.05) is 34.4 Å². The summed E-state index contributed by atoms with van der Waals surface area (Å²) in [6, 6.07) is 58.4. The largest absolute Gasteiger partial charge is 0.439 e. The van der Waals surface area contributed by atoms with Crippen LogP contribution in [-0.2, 0) is 33.3 Å². The second-order valence-electron chi connectivity index (χ2n) is 20.6. The fraction of sp³-hybridized carbons (Fsp3) is 0.206. The molecule has 2 aromatic heterocycles. The van der Waals surface area contributed by atoms with Crippen LogP contribution in [0.2, 0.25) is 0 Å². The average Bonchev–Trinajstić information content (AvgIpc) is 3.93. The molecule has 0 bridgehead atoms. The summed E-state index contributed by atoms with van der Waals surface area (Å²) in [4.78, 5) is 5.47. The summed E-state index contributed by atoms with van der Waals surface area (Å²) in [5.74, 6) is 1.93. The van der Waals surface area contributed by atoms with Gasteiger partial charge in [0, 0.05) is 48.0 Å². The van der Waals surface area contributed by atoms with Crippen molar-refractivity contribution >= 4 is 110 Å². The summed E-state index contributed by atoms with van der Waals surface area (Å²) in [6.45, 7) is 11.0. The number of benzene rings is 8. The highest BCUT2D eigenvalue weighted by Gasteiger charge is 2.30. The molecule has 0 unspecified atom stereocenters. The number of thioether (sulfide) groups is 1. The zero-order valence-corrected chi connectivity index (χ0v) is 50.6. The predicted octanol–water partition coefficient (Wildman–Crippen LogP) is 15.9. The number of rotatable bonds is 18. The molecule has 4 heterocycles. The molecule has 10 aromatic rings. The van der Waals surface area contributed by atoms with Crippen LogP contribution in [0.4, 0.5) is 11.4 Å². The highest BCUT2D eigenvalue weighted by Crippen LogP contribution is 2.50. The molecule has 2 aliphatic rings. The third kappa shape index (κ3) is 12.8. The summed E-state index contributed by atoms with van der Waals surface area (Å²) in [5, 5.41) is 6.27. The van der Waals surface area contributed by atoms with Crippen LogP contribution in [-0.4, -0.2) is 50.5 Å². The van der Waals surface area contributed by atoms with Crippen molar-refractivity contribution in [3.63, 3.8) is 0 Å². The normalized spacial score (nSPS) is 14.7. The zero-order chi connectivity index (χ0) is 58.5. The molecule has 0 amide bonds. The van der Waals surface area contributed by atoms with E-state index in [4.69, 9.17) is 9.15 Å². The van der Waals surface area contributed by atoms with Crippen LogP contribution >= 0.6 is 23.1 Å². The van der Waals surface area contributed by atoms with E-state index in [0.717, 1.165) is 124 Å². The van der Waals surface area contributed by atoms with Gasteiger partial charge in [-0.15, -0.1) is 0 Å². The summed E-state index contributed by atoms with van der Waals surface area (Å²) in [5.41, 5.74) is 12.1. The summed E-state index contributed by atoms with van der Waals surface area (Å²) < 4.78 is 83.2. The molecule has 12 rings (SSSR count). The van der Waals surface area contributed by atoms with Crippen molar-refractivity contribution in [1.29, 1.82) is 0 Å². The minimum atomic E-state index is -4.09. The standard InChI is InChI=1S/C35H33N2O2.C33H32N2O6S4/c1-4-25(21-34-36(5-2)30-23-28(17-19-32(30)38-34)26-13-9-7-10-14-26)22-35-37(6-3)31-24-29(18-20-33(31)39-35)27-15-11-8-12-16-27;1-2-23(21-30-34(17-7-19-44(36,37)38)32-26-11-5-3-9-24(26)13-15-28(32)42-30)22-31-35(18-8-20-45(39,40)41)33-27-12-6-4-10-25(27)14-16-29(33)43-31/h7-24H,4-6H2,1-3H3;3-6,9-16,21-22H,2,7-8,17-20H2,1H3,(H-,36,37,38,39,40,41)/q+1;/p+1. The maximum Gasteiger partial charge on any atom is 0.374 e. The number of aryl methyl sites for hydroxylation is 2. The first-order valence-corrected chi connectivity index (χ1v) is 33.3. The topological polar surface area (TPSA) is 145 Å². The first-order chi connectivity index (χ1) is 40.7. The van der Waals surface area contributed by atoms with Gasteiger partial charge in [0.2, 0.25) is 17.0 Å². The van der Waals surface area contributed by atoms with E-state index in [-0.39, 0.29) is 24.3 Å². The van der Waals surface area contributed by atoms with Crippen molar-refractivity contribution in [3.8, 4) is 28.0 Å². The van der Waals surface area contributed by atoms with Gasteiger partial charge in [-0.25, -0.2) is 0 Å². The number of aromatic nitrogens is 2. The highest BCUT2D eigenvalue weighted by molar-refractivity contribution is 8.03. The molecule has 428 valence electrons. The van der Waals surface area contributed by atoms with Crippen LogP contribution in [0.3, 0.4) is 0 Å². The Labute approximate surface area is 499 Å². The molecule has 2 aliphatic heterocycles. The van der Waals surface area contributed by atoms with Gasteiger partial charge >= 0.3 is 5.89 Å². The van der Waals surface area contributed by atoms with Crippen molar-refractivity contribution in [2.45, 2.75) is 71.4 Å². The number of oxazole rings is 1. The third-order valence-corrected chi connectivity index (χ3v) is 19.0. The molecule has 0 spiro atoms. The van der Waals surface area contributed by atoms with Crippen LogP contribution in [0.25, 0.3) is 77.3 Å². The Morgan fingerprint density at radius 3 is 1.90 bits per heavy atom. The van der Waals surface area contributed by atoms with Gasteiger partial charge in [-0.1, -0.05) is 164 Å². The number of ether oxygens (including phenoxy) is 1. The van der Waals surface area contributed by atoms with E-state index in [1.807, 2.05) is 36.4 Å². The first-order valence-electron chi connectivity index (χ1n) is 28.4. The number of anilines is 2. The van der Waals surface area contributed by atoms with Crippen molar-refractivity contribution in [3.05, 3.63) is 215 Å². The monoisotopic (exact) mass is 1190 g/mol. The van der Waals surface area contributed by atoms with Gasteiger partial charge in [0.1, 0.15) is 11.2 Å². The zero-order valence-electron chi connectivity index (χ0n) is 47.3. The third-order valence-electron chi connectivity index (χ3n) is 15.2. The fourth-order valence-electron chi connectivity index (χ4n) is 11.0. The minimum Gasteiger partial charge on any atom is -0.439 e. The second-order valence-corrected chi connectivity index (χ2v) is 25.9. The quantitative estimate of drug-likeness (QED) is 0.0625. The van der Waals surface area contributed by atoms with Crippen LogP contribution in [0.15, 0.2) is 213 Å². The van der Waals surface area contributed by atoms with E-state index in [1.165, 1.54) is 22.3 Å². The van der Waals surface area contributed by atoms with Gasteiger partial charge in [-0.2, -0.15) is 26.0 Å². The lowest BCUT2D eigenvalue weighted by atomic mass is 10.0. The average molecular weight is 1200 g/mol. The molecule has 12 nitrogen and oxygen atoms in total. The Morgan fingerprint density at radius 1 is 0.607 bits per heavy atom. The molecule has 0 saturated heterocycles. The Kier molecular flexibility index (Phi) is 17.4. The number of fused-ring (bicyclic) bond motifs is 8. The maximum absolute atomic E-state index is 11.5. The van der Waals surface area contributed by atoms with Crippen LogP contribution in [0.5, 0.6) is 5.75 Å². The lowest BCUT2D eigenvalue weighted by Crippen LogP contribution is -2.36. The molecule has 8 aromatic carbocycles. The summed E-state index contributed by atoms with van der Waals surface area (Å²) in [6.07, 6.45) is 10.7. The van der Waals surface area contributed by atoms with E-state index < -0.39 is 20.2 Å². The maximum atomic E-state index is 11.5. The van der Waals surface area contributed by atoms with E-state index in [9.17, 15) is 25.9 Å². The van der Waals surface area contributed by atoms with Crippen LogP contribution < -0.4 is 23.7 Å². The molecule has 0 atom stereocenters. The van der Waals surface area contributed by atoms with E-state index in [2.05, 4.69) is 204 Å². The molecule has 0 fully saturated rings. The van der Waals surface area contributed by atoms with Gasteiger partial charge in [-0.05, 0) is 120 Å². The van der Waals surface area contributed by atoms with Crippen molar-refractivity contribution in [2.24, 2.45) is 0 Å². The second kappa shape index (κ2) is 25.2. The number of nitrogens with zero attached hydrogens (tertiary/aromatic N) is 4. The first kappa shape index (κ1) is 58.0. The van der Waals surface area contributed by atoms with Crippen LogP contribution in [0.1, 0.15) is 64.3 Å². The lowest BCUT2D eigenvalue weighted by Gasteiger charge is -2.22. The summed E-state index contributed by atoms with van der Waals surface area (Å²) in [7, 11) is -8.18. The van der Waals surface area contributed by atoms with Gasteiger partial charge in [-0.3, -0.25) is 9.11 Å². The van der Waals surface area contributed by atoms with Gasteiger partial charge in [0.25, 0.3) is 30.8 Å². The fourth-order valence-corrected chi connectivity index (χ4v) is 14.4. The van der Waals surface area contributed by atoms with Crippen molar-refractivity contribution in [1.82, 2.24) is 0 Å². The van der Waals surface area contributed by atoms with E-state index in [1.54, 1.807) is 23.1 Å². The number of thiazole rings is 1. The molecule has 0 saturated carbocycles. The Bertz CT molecular complexity index is 4460. The van der Waals surface area contributed by atoms with Crippen molar-refractivity contribution < 1.29 is 44.2 Å². The Hall–Kier alpha value is -7.83.